The van der Waals surface area contributed by atoms with Crippen molar-refractivity contribution in [2.45, 2.75) is 20.0 Å². The van der Waals surface area contributed by atoms with Crippen LogP contribution in [0.4, 0.5) is 24.5 Å². The molecule has 0 spiro atoms. The van der Waals surface area contributed by atoms with Gasteiger partial charge in [0, 0.05) is 30.2 Å². The lowest BCUT2D eigenvalue weighted by atomic mass is 10.1. The summed E-state index contributed by atoms with van der Waals surface area (Å²) in [6, 6.07) is 11.5. The largest absolute Gasteiger partial charge is 0.437 e. The predicted octanol–water partition coefficient (Wildman–Crippen LogP) is 4.63. The van der Waals surface area contributed by atoms with E-state index in [4.69, 9.17) is 10.2 Å². The van der Waals surface area contributed by atoms with E-state index in [0.717, 1.165) is 30.9 Å². The molecule has 0 aliphatic carbocycles. The first-order valence-corrected chi connectivity index (χ1v) is 9.07. The minimum absolute atomic E-state index is 0.00493. The van der Waals surface area contributed by atoms with E-state index in [-0.39, 0.29) is 16.8 Å². The van der Waals surface area contributed by atoms with Crippen molar-refractivity contribution in [2.24, 2.45) is 10.7 Å². The Bertz CT molecular complexity index is 1120. The summed E-state index contributed by atoms with van der Waals surface area (Å²) in [5.74, 6) is -0.783. The molecule has 0 saturated carbocycles. The number of benzene rings is 2. The lowest BCUT2D eigenvalue weighted by molar-refractivity contribution is -0.137. The van der Waals surface area contributed by atoms with Gasteiger partial charge in [0.2, 0.25) is 5.55 Å². The Hall–Kier alpha value is -3.29. The molecule has 0 atom stereocenters. The van der Waals surface area contributed by atoms with Crippen molar-refractivity contribution in [1.82, 2.24) is 0 Å². The fraction of sp³-hybridized carbons (Fsp3) is 0.238. The van der Waals surface area contributed by atoms with Gasteiger partial charge in [-0.15, -0.1) is 0 Å². The topological polar surface area (TPSA) is 71.8 Å². The van der Waals surface area contributed by atoms with Gasteiger partial charge in [-0.25, -0.2) is 4.99 Å². The molecule has 3 rings (SSSR count). The maximum absolute atomic E-state index is 13.0. The Morgan fingerprint density at radius 2 is 1.83 bits per heavy atom. The second-order valence-electron chi connectivity index (χ2n) is 6.38. The summed E-state index contributed by atoms with van der Waals surface area (Å²) >= 11 is 0. The number of rotatable bonds is 5. The number of primary amides is 1. The molecular weight excluding hydrogens is 383 g/mol. The average Bonchev–Trinajstić information content (AvgIpc) is 2.67. The number of amides is 1. The van der Waals surface area contributed by atoms with Crippen LogP contribution in [0.2, 0.25) is 0 Å². The SMILES string of the molecule is CCN(CC)c1ccc2cc(C(N)=O)c(=Nc3cccc(C(F)(F)F)c3)oc2c1. The molecule has 0 bridgehead atoms. The Kier molecular flexibility index (Phi) is 5.63. The highest BCUT2D eigenvalue weighted by atomic mass is 19.4. The highest BCUT2D eigenvalue weighted by molar-refractivity contribution is 5.95. The molecule has 0 saturated heterocycles. The molecule has 8 heteroatoms. The molecule has 1 heterocycles. The van der Waals surface area contributed by atoms with Gasteiger partial charge in [0.1, 0.15) is 11.1 Å². The van der Waals surface area contributed by atoms with Gasteiger partial charge in [-0.3, -0.25) is 4.79 Å². The van der Waals surface area contributed by atoms with E-state index in [1.165, 1.54) is 18.2 Å². The minimum Gasteiger partial charge on any atom is -0.437 e. The summed E-state index contributed by atoms with van der Waals surface area (Å²) in [7, 11) is 0. The van der Waals surface area contributed by atoms with Crippen LogP contribution < -0.4 is 16.2 Å². The van der Waals surface area contributed by atoms with E-state index in [9.17, 15) is 18.0 Å². The van der Waals surface area contributed by atoms with Crippen molar-refractivity contribution in [1.29, 1.82) is 0 Å². The molecule has 1 aromatic heterocycles. The molecule has 29 heavy (non-hydrogen) atoms. The van der Waals surface area contributed by atoms with Gasteiger partial charge >= 0.3 is 6.18 Å². The van der Waals surface area contributed by atoms with Gasteiger partial charge in [-0.2, -0.15) is 13.2 Å². The third-order valence-corrected chi connectivity index (χ3v) is 4.53. The lowest BCUT2D eigenvalue weighted by Crippen LogP contribution is -2.23. The van der Waals surface area contributed by atoms with Crippen molar-refractivity contribution < 1.29 is 22.4 Å². The molecule has 2 aromatic carbocycles. The van der Waals surface area contributed by atoms with Crippen LogP contribution in [0.1, 0.15) is 29.8 Å². The Morgan fingerprint density at radius 1 is 1.10 bits per heavy atom. The molecule has 3 aromatic rings. The van der Waals surface area contributed by atoms with Gasteiger partial charge in [-0.05, 0) is 50.2 Å². The first kappa shape index (κ1) is 20.4. The van der Waals surface area contributed by atoms with E-state index >= 15 is 0 Å². The van der Waals surface area contributed by atoms with E-state index in [2.05, 4.69) is 9.89 Å². The summed E-state index contributed by atoms with van der Waals surface area (Å²) in [6.45, 7) is 5.64. The fourth-order valence-electron chi connectivity index (χ4n) is 3.02. The zero-order chi connectivity index (χ0) is 21.2. The van der Waals surface area contributed by atoms with Crippen LogP contribution in [0.3, 0.4) is 0 Å². The van der Waals surface area contributed by atoms with Crippen LogP contribution in [0, 0.1) is 0 Å². The highest BCUT2D eigenvalue weighted by Crippen LogP contribution is 2.31. The number of halogens is 3. The lowest BCUT2D eigenvalue weighted by Gasteiger charge is -2.21. The monoisotopic (exact) mass is 403 g/mol. The summed E-state index contributed by atoms with van der Waals surface area (Å²) in [5, 5.41) is 0.637. The Balaban J connectivity index is 2.20. The van der Waals surface area contributed by atoms with E-state index in [0.29, 0.717) is 11.0 Å². The van der Waals surface area contributed by atoms with Crippen LogP contribution in [-0.2, 0) is 6.18 Å². The second-order valence-corrected chi connectivity index (χ2v) is 6.38. The summed E-state index contributed by atoms with van der Waals surface area (Å²) in [4.78, 5) is 18.1. The van der Waals surface area contributed by atoms with Crippen LogP contribution in [0.15, 0.2) is 57.9 Å². The van der Waals surface area contributed by atoms with Gasteiger partial charge in [0.25, 0.3) is 5.91 Å². The molecule has 2 N–H and O–H groups in total. The second kappa shape index (κ2) is 7.98. The third kappa shape index (κ3) is 4.42. The summed E-state index contributed by atoms with van der Waals surface area (Å²) in [5.41, 5.74) is 5.82. The molecule has 1 amide bonds. The Morgan fingerprint density at radius 3 is 2.45 bits per heavy atom. The number of anilines is 1. The molecule has 0 aliphatic heterocycles. The molecule has 5 nitrogen and oxygen atoms in total. The van der Waals surface area contributed by atoms with Crippen molar-refractivity contribution >= 4 is 28.3 Å². The van der Waals surface area contributed by atoms with Gasteiger partial charge in [-0.1, -0.05) is 6.07 Å². The van der Waals surface area contributed by atoms with E-state index in [1.807, 2.05) is 19.9 Å². The maximum atomic E-state index is 13.0. The van der Waals surface area contributed by atoms with Gasteiger partial charge < -0.3 is 15.1 Å². The van der Waals surface area contributed by atoms with Crippen LogP contribution in [-0.4, -0.2) is 19.0 Å². The predicted molar refractivity (Wildman–Crippen MR) is 105 cm³/mol. The number of hydrogen-bond donors (Lipinski definition) is 1. The fourth-order valence-corrected chi connectivity index (χ4v) is 3.02. The normalized spacial score (nSPS) is 12.4. The number of alkyl halides is 3. The van der Waals surface area contributed by atoms with Crippen LogP contribution in [0.25, 0.3) is 11.0 Å². The van der Waals surface area contributed by atoms with E-state index < -0.39 is 17.6 Å². The van der Waals surface area contributed by atoms with Crippen molar-refractivity contribution in [3.63, 3.8) is 0 Å². The van der Waals surface area contributed by atoms with Crippen LogP contribution in [0.5, 0.6) is 0 Å². The quantitative estimate of drug-likeness (QED) is 0.675. The molecule has 152 valence electrons. The average molecular weight is 403 g/mol. The Labute approximate surface area is 165 Å². The molecule has 0 unspecified atom stereocenters. The zero-order valence-corrected chi connectivity index (χ0v) is 16.0. The standard InChI is InChI=1S/C21H20F3N3O2/c1-3-27(4-2)16-9-8-13-10-17(19(25)28)20(29-18(13)12-16)26-15-7-5-6-14(11-15)21(22,23)24/h5-12H,3-4H2,1-2H3,(H2,25,28). The smallest absolute Gasteiger partial charge is 0.416 e. The number of nitrogens with two attached hydrogens (primary N) is 1. The van der Waals surface area contributed by atoms with Gasteiger partial charge in [0.05, 0.1) is 11.3 Å². The summed E-state index contributed by atoms with van der Waals surface area (Å²) in [6.07, 6.45) is -4.50. The number of nitrogens with zero attached hydrogens (tertiary/aromatic N) is 2. The number of fused-ring (bicyclic) bond motifs is 1. The number of carbonyl (C=O) groups excluding carboxylic acids is 1. The number of hydrogen-bond acceptors (Lipinski definition) is 4. The minimum atomic E-state index is -4.50. The summed E-state index contributed by atoms with van der Waals surface area (Å²) < 4.78 is 44.7. The maximum Gasteiger partial charge on any atom is 0.416 e. The van der Waals surface area contributed by atoms with Gasteiger partial charge in [0.15, 0.2) is 0 Å². The molecule has 0 radical (unpaired) electrons. The third-order valence-electron chi connectivity index (χ3n) is 4.53. The van der Waals surface area contributed by atoms with Crippen molar-refractivity contribution in [3.05, 3.63) is 65.2 Å². The van der Waals surface area contributed by atoms with Crippen molar-refractivity contribution in [3.8, 4) is 0 Å². The molecule has 0 fully saturated rings. The van der Waals surface area contributed by atoms with E-state index in [1.54, 1.807) is 12.1 Å². The molecular formula is C21H20F3N3O2. The first-order valence-electron chi connectivity index (χ1n) is 9.07. The zero-order valence-electron chi connectivity index (χ0n) is 16.0. The molecule has 0 aliphatic rings. The first-order chi connectivity index (χ1) is 13.7. The van der Waals surface area contributed by atoms with Crippen LogP contribution >= 0.6 is 0 Å². The van der Waals surface area contributed by atoms with Crippen molar-refractivity contribution in [2.75, 3.05) is 18.0 Å². The highest BCUT2D eigenvalue weighted by Gasteiger charge is 2.30. The number of carbonyl (C=O) groups is 1.